The number of hydrogen-bond donors (Lipinski definition) is 1. The predicted molar refractivity (Wildman–Crippen MR) is 85.8 cm³/mol. The number of nitrogens with zero attached hydrogens (tertiary/aromatic N) is 3. The van der Waals surface area contributed by atoms with Crippen LogP contribution in [0, 0.1) is 5.82 Å². The summed E-state index contributed by atoms with van der Waals surface area (Å²) in [6.45, 7) is 0.511. The summed E-state index contributed by atoms with van der Waals surface area (Å²) in [5.74, 6) is -0.106. The van der Waals surface area contributed by atoms with Crippen molar-refractivity contribution in [3.8, 4) is 0 Å². The van der Waals surface area contributed by atoms with Crippen LogP contribution in [0.4, 0.5) is 14.6 Å². The van der Waals surface area contributed by atoms with Crippen LogP contribution in [-0.4, -0.2) is 41.4 Å². The maximum Gasteiger partial charge on any atom is 0.224 e. The first-order valence-corrected chi connectivity index (χ1v) is 7.82. The van der Waals surface area contributed by atoms with Gasteiger partial charge in [0.2, 0.25) is 5.91 Å². The molecule has 0 radical (unpaired) electrons. The van der Waals surface area contributed by atoms with E-state index in [2.05, 4.69) is 15.5 Å². The van der Waals surface area contributed by atoms with Crippen LogP contribution in [0.2, 0.25) is 0 Å². The van der Waals surface area contributed by atoms with Gasteiger partial charge in [0.15, 0.2) is 5.82 Å². The molecule has 0 aliphatic carbocycles. The third-order valence-electron chi connectivity index (χ3n) is 4.06. The first-order valence-electron chi connectivity index (χ1n) is 7.82. The number of alkyl halides is 1. The molecule has 1 fully saturated rings. The molecule has 7 heteroatoms. The molecule has 126 valence electrons. The highest BCUT2D eigenvalue weighted by atomic mass is 19.1. The van der Waals surface area contributed by atoms with Gasteiger partial charge in [-0.15, -0.1) is 5.10 Å². The second-order valence-electron chi connectivity index (χ2n) is 5.79. The van der Waals surface area contributed by atoms with E-state index in [0.717, 1.165) is 0 Å². The maximum atomic E-state index is 13.8. The molecule has 24 heavy (non-hydrogen) atoms. The second kappa shape index (κ2) is 7.33. The summed E-state index contributed by atoms with van der Waals surface area (Å²) in [5.41, 5.74) is 0.343. The van der Waals surface area contributed by atoms with Crippen LogP contribution < -0.4 is 10.2 Å². The van der Waals surface area contributed by atoms with E-state index in [1.54, 1.807) is 41.4 Å². The lowest BCUT2D eigenvalue weighted by Gasteiger charge is -2.24. The van der Waals surface area contributed by atoms with Gasteiger partial charge in [-0.3, -0.25) is 4.79 Å². The van der Waals surface area contributed by atoms with Crippen molar-refractivity contribution in [2.24, 2.45) is 0 Å². The Morgan fingerprint density at radius 2 is 2.12 bits per heavy atom. The summed E-state index contributed by atoms with van der Waals surface area (Å²) < 4.78 is 27.4. The van der Waals surface area contributed by atoms with Gasteiger partial charge in [0.25, 0.3) is 0 Å². The fourth-order valence-electron chi connectivity index (χ4n) is 2.89. The van der Waals surface area contributed by atoms with Crippen molar-refractivity contribution in [2.75, 3.05) is 18.0 Å². The quantitative estimate of drug-likeness (QED) is 0.908. The van der Waals surface area contributed by atoms with Crippen molar-refractivity contribution in [1.29, 1.82) is 0 Å². The number of carbonyl (C=O) groups excluding carboxylic acids is 1. The third kappa shape index (κ3) is 3.84. The second-order valence-corrected chi connectivity index (χ2v) is 5.79. The van der Waals surface area contributed by atoms with Gasteiger partial charge in [-0.25, -0.2) is 8.78 Å². The average molecular weight is 332 g/mol. The SMILES string of the molecule is O=C(Cc1ccccc1F)NC[C@@H]1C[C@H](F)CN1c1cccnn1. The molecule has 1 aromatic heterocycles. The van der Waals surface area contributed by atoms with Crippen LogP contribution in [-0.2, 0) is 11.2 Å². The van der Waals surface area contributed by atoms with Gasteiger partial charge in [-0.2, -0.15) is 5.10 Å². The lowest BCUT2D eigenvalue weighted by molar-refractivity contribution is -0.120. The molecule has 1 aromatic carbocycles. The molecule has 0 saturated carbocycles. The van der Waals surface area contributed by atoms with Gasteiger partial charge < -0.3 is 10.2 Å². The van der Waals surface area contributed by atoms with Gasteiger partial charge >= 0.3 is 0 Å². The molecule has 2 atom stereocenters. The van der Waals surface area contributed by atoms with Crippen LogP contribution >= 0.6 is 0 Å². The van der Waals surface area contributed by atoms with Crippen molar-refractivity contribution in [2.45, 2.75) is 25.1 Å². The molecule has 1 amide bonds. The number of benzene rings is 1. The summed E-state index contributed by atoms with van der Waals surface area (Å²) in [6.07, 6.45) is 0.859. The number of rotatable bonds is 5. The van der Waals surface area contributed by atoms with Crippen molar-refractivity contribution in [1.82, 2.24) is 15.5 Å². The number of nitrogens with one attached hydrogen (secondary N) is 1. The molecular weight excluding hydrogens is 314 g/mol. The first-order chi connectivity index (χ1) is 11.6. The molecular formula is C17H18F2N4O. The number of hydrogen-bond acceptors (Lipinski definition) is 4. The van der Waals surface area contributed by atoms with Crippen molar-refractivity contribution < 1.29 is 13.6 Å². The van der Waals surface area contributed by atoms with Crippen molar-refractivity contribution >= 4 is 11.7 Å². The Kier molecular flexibility index (Phi) is 4.98. The lowest BCUT2D eigenvalue weighted by Crippen LogP contribution is -2.41. The smallest absolute Gasteiger partial charge is 0.224 e. The molecule has 0 bridgehead atoms. The maximum absolute atomic E-state index is 13.8. The minimum Gasteiger partial charge on any atom is -0.354 e. The summed E-state index contributed by atoms with van der Waals surface area (Å²) in [7, 11) is 0. The van der Waals surface area contributed by atoms with Gasteiger partial charge in [0.1, 0.15) is 12.0 Å². The fourth-order valence-corrected chi connectivity index (χ4v) is 2.89. The number of aromatic nitrogens is 2. The van der Waals surface area contributed by atoms with E-state index in [-0.39, 0.29) is 31.5 Å². The Hall–Kier alpha value is -2.57. The van der Waals surface area contributed by atoms with E-state index in [0.29, 0.717) is 17.8 Å². The van der Waals surface area contributed by atoms with E-state index in [1.165, 1.54) is 6.07 Å². The van der Waals surface area contributed by atoms with Gasteiger partial charge in [0.05, 0.1) is 19.0 Å². The topological polar surface area (TPSA) is 58.1 Å². The average Bonchev–Trinajstić information content (AvgIpc) is 2.97. The molecule has 2 heterocycles. The van der Waals surface area contributed by atoms with Gasteiger partial charge in [-0.05, 0) is 23.8 Å². The number of halogens is 2. The van der Waals surface area contributed by atoms with Crippen LogP contribution in [0.25, 0.3) is 0 Å². The minimum atomic E-state index is -0.972. The number of anilines is 1. The third-order valence-corrected chi connectivity index (χ3v) is 4.06. The normalized spacial score (nSPS) is 20.2. The Balaban J connectivity index is 1.59. The fraction of sp³-hybridized carbons (Fsp3) is 0.353. The Labute approximate surface area is 138 Å². The summed E-state index contributed by atoms with van der Waals surface area (Å²) in [4.78, 5) is 13.8. The molecule has 1 N–H and O–H groups in total. The number of carbonyl (C=O) groups is 1. The van der Waals surface area contributed by atoms with Gasteiger partial charge in [0, 0.05) is 19.2 Å². The summed E-state index contributed by atoms with van der Waals surface area (Å²) in [6, 6.07) is 9.47. The monoisotopic (exact) mass is 332 g/mol. The molecule has 0 spiro atoms. The molecule has 2 aromatic rings. The zero-order valence-corrected chi connectivity index (χ0v) is 13.0. The van der Waals surface area contributed by atoms with E-state index in [4.69, 9.17) is 0 Å². The van der Waals surface area contributed by atoms with Gasteiger partial charge in [-0.1, -0.05) is 18.2 Å². The standard InChI is InChI=1S/C17H18F2N4O/c18-13-9-14(23(11-13)16-6-3-7-21-22-16)10-20-17(24)8-12-4-1-2-5-15(12)19/h1-7,13-14H,8-11H2,(H,20,24)/t13-,14-/m0/s1. The zero-order chi connectivity index (χ0) is 16.9. The molecule has 3 rings (SSSR count). The highest BCUT2D eigenvalue weighted by molar-refractivity contribution is 5.78. The van der Waals surface area contributed by atoms with Crippen molar-refractivity contribution in [3.63, 3.8) is 0 Å². The van der Waals surface area contributed by atoms with Crippen LogP contribution in [0.3, 0.4) is 0 Å². The van der Waals surface area contributed by atoms with E-state index < -0.39 is 12.0 Å². The van der Waals surface area contributed by atoms with E-state index >= 15 is 0 Å². The lowest BCUT2D eigenvalue weighted by atomic mass is 10.1. The van der Waals surface area contributed by atoms with Crippen LogP contribution in [0.15, 0.2) is 42.6 Å². The largest absolute Gasteiger partial charge is 0.354 e. The Morgan fingerprint density at radius 1 is 1.29 bits per heavy atom. The zero-order valence-electron chi connectivity index (χ0n) is 13.0. The number of amides is 1. The first kappa shape index (κ1) is 16.3. The van der Waals surface area contributed by atoms with Crippen molar-refractivity contribution in [3.05, 3.63) is 54.0 Å². The molecule has 0 unspecified atom stereocenters. The molecule has 1 aliphatic heterocycles. The highest BCUT2D eigenvalue weighted by Gasteiger charge is 2.33. The van der Waals surface area contributed by atoms with Crippen LogP contribution in [0.5, 0.6) is 0 Å². The summed E-state index contributed by atoms with van der Waals surface area (Å²) in [5, 5.41) is 10.6. The molecule has 1 aliphatic rings. The van der Waals surface area contributed by atoms with Crippen LogP contribution in [0.1, 0.15) is 12.0 Å². The highest BCUT2D eigenvalue weighted by Crippen LogP contribution is 2.24. The Bertz CT molecular complexity index is 698. The van der Waals surface area contributed by atoms with E-state index in [9.17, 15) is 13.6 Å². The Morgan fingerprint density at radius 3 is 2.88 bits per heavy atom. The molecule has 5 nitrogen and oxygen atoms in total. The van der Waals surface area contributed by atoms with E-state index in [1.807, 2.05) is 0 Å². The minimum absolute atomic E-state index is 0.0381. The summed E-state index contributed by atoms with van der Waals surface area (Å²) >= 11 is 0. The molecule has 1 saturated heterocycles. The predicted octanol–water partition coefficient (Wildman–Crippen LogP) is 1.89.